The number of nitrogens with zero attached hydrogens (tertiary/aromatic N) is 5. The molecule has 1 unspecified atom stereocenters. The molecule has 1 fully saturated rings. The van der Waals surface area contributed by atoms with Crippen LogP contribution in [0.4, 0.5) is 17.6 Å². The molecule has 0 amide bonds. The van der Waals surface area contributed by atoms with Crippen LogP contribution in [0, 0.1) is 0 Å². The lowest BCUT2D eigenvalue weighted by Gasteiger charge is -2.35. The van der Waals surface area contributed by atoms with Crippen molar-refractivity contribution >= 4 is 29.2 Å². The molecular weight excluding hydrogens is 408 g/mol. The van der Waals surface area contributed by atoms with E-state index in [2.05, 4.69) is 64.5 Å². The third-order valence-corrected chi connectivity index (χ3v) is 6.29. The van der Waals surface area contributed by atoms with E-state index in [1.165, 1.54) is 11.1 Å². The quantitative estimate of drug-likeness (QED) is 0.684. The summed E-state index contributed by atoms with van der Waals surface area (Å²) in [4.78, 5) is 16.4. The molecule has 1 atom stereocenters. The molecule has 0 saturated carbocycles. The van der Waals surface area contributed by atoms with E-state index >= 15 is 0 Å². The van der Waals surface area contributed by atoms with Gasteiger partial charge < -0.3 is 15.1 Å². The number of anilines is 3. The molecule has 1 aliphatic heterocycles. The zero-order valence-corrected chi connectivity index (χ0v) is 19.3. The van der Waals surface area contributed by atoms with Crippen molar-refractivity contribution in [2.24, 2.45) is 0 Å². The van der Waals surface area contributed by atoms with Gasteiger partial charge >= 0.3 is 0 Å². The first-order valence-electron chi connectivity index (χ1n) is 10.8. The van der Waals surface area contributed by atoms with Crippen LogP contribution in [0.5, 0.6) is 0 Å². The molecule has 1 aromatic carbocycles. The second kappa shape index (κ2) is 9.71. The fourth-order valence-electron chi connectivity index (χ4n) is 3.82. The van der Waals surface area contributed by atoms with E-state index < -0.39 is 0 Å². The molecule has 1 saturated heterocycles. The third kappa shape index (κ3) is 5.57. The fourth-order valence-corrected chi connectivity index (χ4v) is 4.06. The Bertz CT molecular complexity index is 948. The molecule has 4 rings (SSSR count). The van der Waals surface area contributed by atoms with Gasteiger partial charge in [-0.3, -0.25) is 4.90 Å². The van der Waals surface area contributed by atoms with Gasteiger partial charge in [-0.25, -0.2) is 0 Å². The fraction of sp³-hybridized carbons (Fsp3) is 0.417. The molecule has 0 radical (unpaired) electrons. The van der Waals surface area contributed by atoms with Crippen molar-refractivity contribution in [3.63, 3.8) is 0 Å². The molecule has 1 aromatic heterocycles. The maximum Gasteiger partial charge on any atom is 0.229 e. The molecular formula is C24H31ClN6. The Labute approximate surface area is 190 Å². The zero-order chi connectivity index (χ0) is 21.8. The van der Waals surface area contributed by atoms with Gasteiger partial charge in [-0.15, -0.1) is 11.6 Å². The SMILES string of the molecule is CC1=CC=C(Nc2cc(N(C)C)nc(N3CCN(Cc4ccccc4)CC3)n2)CC1Cl. The van der Waals surface area contributed by atoms with Gasteiger partial charge in [-0.2, -0.15) is 9.97 Å². The molecule has 1 aliphatic carbocycles. The van der Waals surface area contributed by atoms with Crippen LogP contribution < -0.4 is 15.1 Å². The molecule has 7 heteroatoms. The smallest absolute Gasteiger partial charge is 0.229 e. The number of nitrogens with one attached hydrogen (secondary N) is 1. The Morgan fingerprint density at radius 2 is 1.81 bits per heavy atom. The molecule has 164 valence electrons. The Morgan fingerprint density at radius 3 is 2.48 bits per heavy atom. The summed E-state index contributed by atoms with van der Waals surface area (Å²) in [5.41, 5.74) is 3.63. The number of alkyl halides is 1. The van der Waals surface area contributed by atoms with E-state index in [1.807, 2.05) is 25.1 Å². The van der Waals surface area contributed by atoms with Crippen molar-refractivity contribution in [3.8, 4) is 0 Å². The van der Waals surface area contributed by atoms with Crippen molar-refractivity contribution in [3.05, 3.63) is 65.4 Å². The second-order valence-electron chi connectivity index (χ2n) is 8.45. The molecule has 6 nitrogen and oxygen atoms in total. The number of hydrogen-bond acceptors (Lipinski definition) is 6. The summed E-state index contributed by atoms with van der Waals surface area (Å²) in [5, 5.41) is 3.49. The van der Waals surface area contributed by atoms with Crippen LogP contribution in [0.25, 0.3) is 0 Å². The van der Waals surface area contributed by atoms with E-state index in [9.17, 15) is 0 Å². The standard InChI is InChI=1S/C24H31ClN6/c1-18-9-10-20(15-21(18)25)26-22-16-23(29(2)3)28-24(27-22)31-13-11-30(12-14-31)17-19-7-5-4-6-8-19/h4-10,16,21H,11-15,17H2,1-3H3,(H,26,27,28). The number of piperazine rings is 1. The van der Waals surface area contributed by atoms with E-state index in [4.69, 9.17) is 21.6 Å². The second-order valence-corrected chi connectivity index (χ2v) is 8.98. The van der Waals surface area contributed by atoms with Crippen molar-refractivity contribution in [1.29, 1.82) is 0 Å². The number of halogens is 1. The van der Waals surface area contributed by atoms with Gasteiger partial charge in [0, 0.05) is 65.0 Å². The highest BCUT2D eigenvalue weighted by atomic mass is 35.5. The lowest BCUT2D eigenvalue weighted by molar-refractivity contribution is 0.249. The van der Waals surface area contributed by atoms with E-state index in [-0.39, 0.29) is 5.38 Å². The Morgan fingerprint density at radius 1 is 1.06 bits per heavy atom. The molecule has 31 heavy (non-hydrogen) atoms. The molecule has 2 heterocycles. The molecule has 2 aromatic rings. The minimum Gasteiger partial charge on any atom is -0.363 e. The van der Waals surface area contributed by atoms with Crippen molar-refractivity contribution in [2.45, 2.75) is 25.3 Å². The zero-order valence-electron chi connectivity index (χ0n) is 18.6. The number of benzene rings is 1. The summed E-state index contributed by atoms with van der Waals surface area (Å²) >= 11 is 6.43. The average Bonchev–Trinajstić information content (AvgIpc) is 2.77. The van der Waals surface area contributed by atoms with Gasteiger partial charge in [0.05, 0.1) is 5.38 Å². The predicted molar refractivity (Wildman–Crippen MR) is 130 cm³/mol. The highest BCUT2D eigenvalue weighted by molar-refractivity contribution is 6.22. The van der Waals surface area contributed by atoms with Gasteiger partial charge in [0.25, 0.3) is 0 Å². The van der Waals surface area contributed by atoms with E-state index in [1.54, 1.807) is 0 Å². The number of allylic oxidation sites excluding steroid dienone is 4. The number of aromatic nitrogens is 2. The van der Waals surface area contributed by atoms with Gasteiger partial charge in [-0.1, -0.05) is 42.0 Å². The summed E-state index contributed by atoms with van der Waals surface area (Å²) in [6.07, 6.45) is 4.94. The van der Waals surface area contributed by atoms with Crippen LogP contribution in [0.1, 0.15) is 18.9 Å². The summed E-state index contributed by atoms with van der Waals surface area (Å²) in [6.45, 7) is 6.87. The summed E-state index contributed by atoms with van der Waals surface area (Å²) in [6, 6.07) is 12.6. The third-order valence-electron chi connectivity index (χ3n) is 5.79. The van der Waals surface area contributed by atoms with Crippen molar-refractivity contribution < 1.29 is 0 Å². The van der Waals surface area contributed by atoms with Crippen molar-refractivity contribution in [1.82, 2.24) is 14.9 Å². The lowest BCUT2D eigenvalue weighted by atomic mass is 10.0. The summed E-state index contributed by atoms with van der Waals surface area (Å²) < 4.78 is 0. The first-order chi connectivity index (χ1) is 15.0. The van der Waals surface area contributed by atoms with Gasteiger partial charge in [0.1, 0.15) is 11.6 Å². The van der Waals surface area contributed by atoms with Crippen LogP contribution in [0.15, 0.2) is 59.8 Å². The first-order valence-corrected chi connectivity index (χ1v) is 11.3. The van der Waals surface area contributed by atoms with E-state index in [0.717, 1.165) is 62.4 Å². The van der Waals surface area contributed by atoms with Crippen LogP contribution in [-0.2, 0) is 6.54 Å². The van der Waals surface area contributed by atoms with Crippen LogP contribution in [0.3, 0.4) is 0 Å². The van der Waals surface area contributed by atoms with Gasteiger partial charge in [0.15, 0.2) is 0 Å². The molecule has 0 spiro atoms. The van der Waals surface area contributed by atoms with Crippen LogP contribution >= 0.6 is 11.6 Å². The monoisotopic (exact) mass is 438 g/mol. The normalized spacial score (nSPS) is 19.6. The first kappa shape index (κ1) is 21.7. The van der Waals surface area contributed by atoms with Crippen molar-refractivity contribution in [2.75, 3.05) is 55.4 Å². The maximum atomic E-state index is 6.43. The number of rotatable bonds is 6. The minimum absolute atomic E-state index is 0.0276. The molecule has 0 bridgehead atoms. The number of hydrogen-bond donors (Lipinski definition) is 1. The Hall–Kier alpha value is -2.57. The Balaban J connectivity index is 1.45. The summed E-state index contributed by atoms with van der Waals surface area (Å²) in [7, 11) is 4.02. The highest BCUT2D eigenvalue weighted by Crippen LogP contribution is 2.26. The lowest BCUT2D eigenvalue weighted by Crippen LogP contribution is -2.46. The predicted octanol–water partition coefficient (Wildman–Crippen LogP) is 4.12. The van der Waals surface area contributed by atoms with Crippen LogP contribution in [0.2, 0.25) is 0 Å². The maximum absolute atomic E-state index is 6.43. The summed E-state index contributed by atoms with van der Waals surface area (Å²) in [5.74, 6) is 2.48. The van der Waals surface area contributed by atoms with Gasteiger partial charge in [0.2, 0.25) is 5.95 Å². The molecule has 2 aliphatic rings. The highest BCUT2D eigenvalue weighted by Gasteiger charge is 2.21. The van der Waals surface area contributed by atoms with Crippen LogP contribution in [-0.4, -0.2) is 60.5 Å². The molecule has 1 N–H and O–H groups in total. The average molecular weight is 439 g/mol. The minimum atomic E-state index is 0.0276. The topological polar surface area (TPSA) is 47.5 Å². The largest absolute Gasteiger partial charge is 0.363 e. The Kier molecular flexibility index (Phi) is 6.78. The van der Waals surface area contributed by atoms with E-state index in [0.29, 0.717) is 0 Å². The van der Waals surface area contributed by atoms with Gasteiger partial charge in [-0.05, 0) is 18.6 Å².